The number of fused-ring (bicyclic) bond motifs is 1. The Morgan fingerprint density at radius 2 is 1.68 bits per heavy atom. The Morgan fingerprint density at radius 3 is 2.32 bits per heavy atom. The van der Waals surface area contributed by atoms with Gasteiger partial charge in [0, 0.05) is 25.6 Å². The van der Waals surface area contributed by atoms with Crippen LogP contribution in [-0.4, -0.2) is 63.6 Å². The van der Waals surface area contributed by atoms with Crippen LogP contribution in [0.4, 0.5) is 13.2 Å². The molecule has 3 heterocycles. The van der Waals surface area contributed by atoms with Gasteiger partial charge in [-0.3, -0.25) is 14.5 Å². The monoisotopic (exact) mass is 510 g/mol. The van der Waals surface area contributed by atoms with Crippen LogP contribution in [-0.2, 0) is 11.0 Å². The van der Waals surface area contributed by atoms with Crippen LogP contribution >= 0.6 is 0 Å². The topological polar surface area (TPSA) is 84.5 Å². The number of nitrogens with two attached hydrogens (primary N) is 1. The molecule has 3 atom stereocenters. The highest BCUT2D eigenvalue weighted by Gasteiger charge is 2.51. The maximum absolute atomic E-state index is 14.1. The van der Waals surface area contributed by atoms with E-state index in [0.29, 0.717) is 13.1 Å². The first kappa shape index (κ1) is 25.0. The molecule has 0 saturated carbocycles. The standard InChI is InChI=1S/C27H27F3N5O2/c28-27(29,30)24-21(14-32-35(24)20-11-5-2-6-12-20)26(37)34-16-19-15-33(23(25(31)36)22(19)17-34)13-7-10-18-8-3-1-4-9-18/h1-6,8-12,14,19,22-23H,7,13,15-17H2,(H2,31,36)/t19?,22-,23?/m1/s1. The summed E-state index contributed by atoms with van der Waals surface area (Å²) in [5, 5.41) is 3.89. The fourth-order valence-electron chi connectivity index (χ4n) is 5.62. The van der Waals surface area contributed by atoms with Gasteiger partial charge in [-0.05, 0) is 43.0 Å². The first-order chi connectivity index (χ1) is 17.7. The molecule has 5 rings (SSSR count). The Hall–Kier alpha value is -3.66. The highest BCUT2D eigenvalue weighted by atomic mass is 19.4. The third kappa shape index (κ3) is 4.98. The largest absolute Gasteiger partial charge is 0.434 e. The van der Waals surface area contributed by atoms with Gasteiger partial charge in [0.05, 0.1) is 23.5 Å². The summed E-state index contributed by atoms with van der Waals surface area (Å²) in [6, 6.07) is 17.2. The second-order valence-electron chi connectivity index (χ2n) is 9.53. The van der Waals surface area contributed by atoms with Crippen LogP contribution in [0, 0.1) is 18.3 Å². The van der Waals surface area contributed by atoms with E-state index in [9.17, 15) is 22.8 Å². The molecule has 37 heavy (non-hydrogen) atoms. The molecule has 1 aromatic heterocycles. The molecule has 7 nitrogen and oxygen atoms in total. The van der Waals surface area contributed by atoms with Crippen molar-refractivity contribution in [3.05, 3.63) is 90.1 Å². The molecule has 2 saturated heterocycles. The van der Waals surface area contributed by atoms with Crippen molar-refractivity contribution in [2.75, 3.05) is 26.2 Å². The second-order valence-corrected chi connectivity index (χ2v) is 9.53. The van der Waals surface area contributed by atoms with Crippen LogP contribution in [0.3, 0.4) is 0 Å². The van der Waals surface area contributed by atoms with Crippen molar-refractivity contribution >= 4 is 11.8 Å². The van der Waals surface area contributed by atoms with Crippen LogP contribution in [0.25, 0.3) is 5.69 Å². The molecule has 2 aliphatic rings. The highest BCUT2D eigenvalue weighted by molar-refractivity contribution is 5.96. The van der Waals surface area contributed by atoms with E-state index < -0.39 is 35.3 Å². The third-order valence-electron chi connectivity index (χ3n) is 7.20. The predicted octanol–water partition coefficient (Wildman–Crippen LogP) is 3.39. The summed E-state index contributed by atoms with van der Waals surface area (Å²) in [7, 11) is 0. The summed E-state index contributed by atoms with van der Waals surface area (Å²) in [5.41, 5.74) is 5.45. The Morgan fingerprint density at radius 1 is 1.00 bits per heavy atom. The van der Waals surface area contributed by atoms with Gasteiger partial charge < -0.3 is 10.6 Å². The van der Waals surface area contributed by atoms with E-state index in [4.69, 9.17) is 5.73 Å². The van der Waals surface area contributed by atoms with Crippen molar-refractivity contribution in [2.24, 2.45) is 17.6 Å². The van der Waals surface area contributed by atoms with Crippen LogP contribution in [0.1, 0.15) is 28.0 Å². The van der Waals surface area contributed by atoms with E-state index in [2.05, 4.69) is 11.5 Å². The van der Waals surface area contributed by atoms with E-state index in [1.54, 1.807) is 18.2 Å². The fourth-order valence-corrected chi connectivity index (χ4v) is 5.62. The van der Waals surface area contributed by atoms with Crippen LogP contribution < -0.4 is 5.73 Å². The van der Waals surface area contributed by atoms with Crippen molar-refractivity contribution < 1.29 is 22.8 Å². The Labute approximate surface area is 212 Å². The molecule has 1 radical (unpaired) electrons. The van der Waals surface area contributed by atoms with Gasteiger partial charge in [0.25, 0.3) is 5.91 Å². The number of rotatable bonds is 7. The molecule has 0 aliphatic carbocycles. The number of alkyl halides is 3. The molecule has 3 aromatic rings. The van der Waals surface area contributed by atoms with Gasteiger partial charge in [-0.25, -0.2) is 4.68 Å². The smallest absolute Gasteiger partial charge is 0.368 e. The van der Waals surface area contributed by atoms with Crippen molar-refractivity contribution in [2.45, 2.75) is 18.6 Å². The molecule has 2 amide bonds. The zero-order chi connectivity index (χ0) is 26.2. The number of halogens is 3. The normalized spacial score (nSPS) is 21.8. The Kier molecular flexibility index (Phi) is 6.76. The fraction of sp³-hybridized carbons (Fsp3) is 0.333. The molecule has 193 valence electrons. The summed E-state index contributed by atoms with van der Waals surface area (Å²) in [4.78, 5) is 29.1. The molecule has 0 bridgehead atoms. The summed E-state index contributed by atoms with van der Waals surface area (Å²) < 4.78 is 42.9. The van der Waals surface area contributed by atoms with E-state index in [-0.39, 0.29) is 30.6 Å². The van der Waals surface area contributed by atoms with E-state index in [1.165, 1.54) is 17.0 Å². The Balaban J connectivity index is 1.30. The van der Waals surface area contributed by atoms with Crippen LogP contribution in [0.2, 0.25) is 0 Å². The van der Waals surface area contributed by atoms with Gasteiger partial charge in [-0.15, -0.1) is 0 Å². The van der Waals surface area contributed by atoms with Gasteiger partial charge in [-0.2, -0.15) is 18.3 Å². The number of para-hydroxylation sites is 1. The number of carbonyl (C=O) groups is 2. The van der Waals surface area contributed by atoms with E-state index in [1.807, 2.05) is 35.2 Å². The van der Waals surface area contributed by atoms with Gasteiger partial charge >= 0.3 is 6.18 Å². The molecule has 2 aromatic carbocycles. The van der Waals surface area contributed by atoms with Crippen molar-refractivity contribution in [3.8, 4) is 5.69 Å². The first-order valence-electron chi connectivity index (χ1n) is 12.2. The van der Waals surface area contributed by atoms with E-state index >= 15 is 0 Å². The molecule has 0 spiro atoms. The lowest BCUT2D eigenvalue weighted by Gasteiger charge is -2.27. The molecule has 2 aliphatic heterocycles. The maximum atomic E-state index is 14.1. The highest BCUT2D eigenvalue weighted by Crippen LogP contribution is 2.39. The number of nitrogens with zero attached hydrogens (tertiary/aromatic N) is 4. The van der Waals surface area contributed by atoms with Crippen LogP contribution in [0.5, 0.6) is 0 Å². The van der Waals surface area contributed by atoms with Crippen LogP contribution in [0.15, 0.2) is 66.9 Å². The summed E-state index contributed by atoms with van der Waals surface area (Å²) in [6.45, 7) is 1.62. The van der Waals surface area contributed by atoms with Gasteiger partial charge in [0.1, 0.15) is 0 Å². The van der Waals surface area contributed by atoms with Gasteiger partial charge in [0.15, 0.2) is 5.69 Å². The number of aromatic nitrogens is 2. The maximum Gasteiger partial charge on any atom is 0.434 e. The quantitative estimate of drug-likeness (QED) is 0.528. The lowest BCUT2D eigenvalue weighted by Crippen LogP contribution is -2.46. The summed E-state index contributed by atoms with van der Waals surface area (Å²) >= 11 is 0. The zero-order valence-electron chi connectivity index (χ0n) is 20.0. The number of benzene rings is 2. The number of hydrogen-bond donors (Lipinski definition) is 1. The average Bonchev–Trinajstić information content (AvgIpc) is 3.57. The number of carbonyl (C=O) groups excluding carboxylic acids is 2. The lowest BCUT2D eigenvalue weighted by atomic mass is 9.94. The number of amides is 2. The second kappa shape index (κ2) is 10.0. The third-order valence-corrected chi connectivity index (χ3v) is 7.20. The van der Waals surface area contributed by atoms with Crippen molar-refractivity contribution in [1.29, 1.82) is 0 Å². The molecule has 2 fully saturated rings. The SMILES string of the molecule is NC(=O)C1[C@@H]2CN(C(=O)c3cnn(-c4ccccc4)c3C(F)(F)F)CC2CN1CC[CH]c1ccccc1. The summed E-state index contributed by atoms with van der Waals surface area (Å²) in [6.07, 6.45) is -0.993. The predicted molar refractivity (Wildman–Crippen MR) is 130 cm³/mol. The minimum atomic E-state index is -4.78. The first-order valence-corrected chi connectivity index (χ1v) is 12.2. The number of primary amides is 1. The van der Waals surface area contributed by atoms with Crippen molar-refractivity contribution in [3.63, 3.8) is 0 Å². The van der Waals surface area contributed by atoms with Crippen molar-refractivity contribution in [1.82, 2.24) is 19.6 Å². The van der Waals surface area contributed by atoms with E-state index in [0.717, 1.165) is 22.9 Å². The molecule has 10 heteroatoms. The van der Waals surface area contributed by atoms with Gasteiger partial charge in [-0.1, -0.05) is 48.5 Å². The minimum absolute atomic E-state index is 0.0447. The number of hydrogen-bond acceptors (Lipinski definition) is 4. The number of likely N-dealkylation sites (tertiary alicyclic amines) is 2. The lowest BCUT2D eigenvalue weighted by molar-refractivity contribution is -0.143. The average molecular weight is 511 g/mol. The molecular formula is C27H27F3N5O2. The summed E-state index contributed by atoms with van der Waals surface area (Å²) in [5.74, 6) is -1.49. The molecule has 2 unspecified atom stereocenters. The minimum Gasteiger partial charge on any atom is -0.368 e. The molecular weight excluding hydrogens is 483 g/mol. The molecule has 2 N–H and O–H groups in total. The zero-order valence-corrected chi connectivity index (χ0v) is 20.0. The van der Waals surface area contributed by atoms with Gasteiger partial charge in [0.2, 0.25) is 5.91 Å². The Bertz CT molecular complexity index is 1260.